The molecule has 1 N–H and O–H groups in total. The second-order valence-corrected chi connectivity index (χ2v) is 8.80. The monoisotopic (exact) mass is 422 g/mol. The second-order valence-electron chi connectivity index (χ2n) is 8.80. The normalized spacial score (nSPS) is 23.0. The number of morpholine rings is 1. The van der Waals surface area contributed by atoms with Gasteiger partial charge in [-0.3, -0.25) is 14.6 Å². The maximum absolute atomic E-state index is 12.5. The number of anilines is 2. The largest absolute Gasteiger partial charge is 0.373 e. The molecule has 2 heterocycles. The van der Waals surface area contributed by atoms with Crippen molar-refractivity contribution in [2.75, 3.05) is 56.0 Å². The van der Waals surface area contributed by atoms with Crippen molar-refractivity contribution >= 4 is 17.3 Å². The van der Waals surface area contributed by atoms with Gasteiger partial charge in [-0.25, -0.2) is 0 Å². The Morgan fingerprint density at radius 3 is 2.19 bits per heavy atom. The van der Waals surface area contributed by atoms with Crippen LogP contribution in [0.25, 0.3) is 0 Å². The molecule has 1 amide bonds. The van der Waals surface area contributed by atoms with E-state index in [9.17, 15) is 4.79 Å². The Morgan fingerprint density at radius 2 is 1.55 bits per heavy atom. The van der Waals surface area contributed by atoms with E-state index < -0.39 is 0 Å². The van der Waals surface area contributed by atoms with Gasteiger partial charge < -0.3 is 15.0 Å². The lowest BCUT2D eigenvalue weighted by molar-refractivity contribution is -0.121. The Labute approximate surface area is 185 Å². The summed E-state index contributed by atoms with van der Waals surface area (Å²) in [6.07, 6.45) is 0.341. The zero-order valence-corrected chi connectivity index (χ0v) is 18.7. The topological polar surface area (TPSA) is 48.1 Å². The van der Waals surface area contributed by atoms with Crippen LogP contribution in [-0.4, -0.2) is 73.7 Å². The van der Waals surface area contributed by atoms with Crippen LogP contribution in [0.3, 0.4) is 0 Å². The molecule has 4 rings (SSSR count). The van der Waals surface area contributed by atoms with Crippen LogP contribution in [0.2, 0.25) is 0 Å². The summed E-state index contributed by atoms with van der Waals surface area (Å²) in [7, 11) is 0. The molecule has 0 bridgehead atoms. The highest BCUT2D eigenvalue weighted by atomic mass is 16.5. The number of rotatable bonds is 6. The van der Waals surface area contributed by atoms with Crippen molar-refractivity contribution in [2.24, 2.45) is 0 Å². The number of nitrogens with one attached hydrogen (secondary N) is 1. The van der Waals surface area contributed by atoms with Gasteiger partial charge in [0.15, 0.2) is 0 Å². The smallest absolute Gasteiger partial charge is 0.238 e. The fourth-order valence-corrected chi connectivity index (χ4v) is 4.58. The molecule has 166 valence electrons. The molecular weight excluding hydrogens is 388 g/mol. The Kier molecular flexibility index (Phi) is 7.22. The zero-order valence-electron chi connectivity index (χ0n) is 18.7. The van der Waals surface area contributed by atoms with Crippen LogP contribution in [0, 0.1) is 0 Å². The van der Waals surface area contributed by atoms with Gasteiger partial charge in [-0.1, -0.05) is 30.3 Å². The molecule has 0 saturated carbocycles. The second kappa shape index (κ2) is 10.3. The van der Waals surface area contributed by atoms with E-state index in [-0.39, 0.29) is 18.1 Å². The molecule has 0 radical (unpaired) electrons. The maximum atomic E-state index is 12.5. The molecule has 0 aliphatic carbocycles. The SMILES string of the molecule is C[C@@H]1CN(CC(=O)Nc2ccc(N3CCN(Cc4ccccc4)CC3)cc2)C[C@H](C)O1. The average molecular weight is 423 g/mol. The quantitative estimate of drug-likeness (QED) is 0.775. The Hall–Kier alpha value is -2.41. The molecule has 2 aromatic rings. The van der Waals surface area contributed by atoms with Crippen molar-refractivity contribution in [2.45, 2.75) is 32.6 Å². The standard InChI is InChI=1S/C25H34N4O2/c1-20-16-28(17-21(2)31-20)19-25(30)26-23-8-10-24(11-9-23)29-14-12-27(13-15-29)18-22-6-4-3-5-7-22/h3-11,20-21H,12-19H2,1-2H3,(H,26,30)/t20-,21+. The van der Waals surface area contributed by atoms with Crippen LogP contribution >= 0.6 is 0 Å². The zero-order chi connectivity index (χ0) is 21.6. The van der Waals surface area contributed by atoms with Gasteiger partial charge in [-0.2, -0.15) is 0 Å². The summed E-state index contributed by atoms with van der Waals surface area (Å²) < 4.78 is 5.74. The predicted molar refractivity (Wildman–Crippen MR) is 125 cm³/mol. The summed E-state index contributed by atoms with van der Waals surface area (Å²) in [6, 6.07) is 18.9. The Morgan fingerprint density at radius 1 is 0.903 bits per heavy atom. The van der Waals surface area contributed by atoms with Gasteiger partial charge >= 0.3 is 0 Å². The van der Waals surface area contributed by atoms with Crippen molar-refractivity contribution in [3.05, 3.63) is 60.2 Å². The number of nitrogens with zero attached hydrogens (tertiary/aromatic N) is 3. The highest BCUT2D eigenvalue weighted by Crippen LogP contribution is 2.20. The summed E-state index contributed by atoms with van der Waals surface area (Å²) in [5.41, 5.74) is 3.44. The Bertz CT molecular complexity index is 824. The van der Waals surface area contributed by atoms with E-state index in [0.29, 0.717) is 6.54 Å². The van der Waals surface area contributed by atoms with Crippen LogP contribution in [0.4, 0.5) is 11.4 Å². The number of piperazine rings is 1. The van der Waals surface area contributed by atoms with Gasteiger partial charge in [-0.15, -0.1) is 0 Å². The number of carbonyl (C=O) groups is 1. The van der Waals surface area contributed by atoms with Crippen LogP contribution in [0.1, 0.15) is 19.4 Å². The molecule has 0 aromatic heterocycles. The molecule has 0 unspecified atom stereocenters. The third-order valence-corrected chi connectivity index (χ3v) is 6.00. The van der Waals surface area contributed by atoms with E-state index in [1.54, 1.807) is 0 Å². The number of hydrogen-bond acceptors (Lipinski definition) is 5. The number of hydrogen-bond donors (Lipinski definition) is 1. The first-order valence-corrected chi connectivity index (χ1v) is 11.3. The van der Waals surface area contributed by atoms with Crippen molar-refractivity contribution in [1.82, 2.24) is 9.80 Å². The van der Waals surface area contributed by atoms with Crippen molar-refractivity contribution in [3.63, 3.8) is 0 Å². The molecule has 6 heteroatoms. The molecule has 2 atom stereocenters. The highest BCUT2D eigenvalue weighted by Gasteiger charge is 2.23. The Balaban J connectivity index is 1.23. The summed E-state index contributed by atoms with van der Waals surface area (Å²) in [5.74, 6) is 0.0311. The number of ether oxygens (including phenoxy) is 1. The van der Waals surface area contributed by atoms with Gasteiger partial charge in [0.2, 0.25) is 5.91 Å². The van der Waals surface area contributed by atoms with Gasteiger partial charge in [0.1, 0.15) is 0 Å². The minimum atomic E-state index is 0.0311. The molecular formula is C25H34N4O2. The lowest BCUT2D eigenvalue weighted by Crippen LogP contribution is -2.48. The van der Waals surface area contributed by atoms with Crippen LogP contribution < -0.4 is 10.2 Å². The van der Waals surface area contributed by atoms with E-state index in [1.807, 2.05) is 12.1 Å². The third kappa shape index (κ3) is 6.29. The molecule has 2 aliphatic rings. The minimum absolute atomic E-state index is 0.0311. The van der Waals surface area contributed by atoms with E-state index >= 15 is 0 Å². The van der Waals surface area contributed by atoms with Gasteiger partial charge in [-0.05, 0) is 43.7 Å². The molecule has 2 aliphatic heterocycles. The number of amides is 1. The third-order valence-electron chi connectivity index (χ3n) is 6.00. The molecule has 2 aromatic carbocycles. The highest BCUT2D eigenvalue weighted by molar-refractivity contribution is 5.92. The van der Waals surface area contributed by atoms with Crippen LogP contribution in [0.15, 0.2) is 54.6 Å². The fourth-order valence-electron chi connectivity index (χ4n) is 4.58. The molecule has 6 nitrogen and oxygen atoms in total. The molecule has 2 saturated heterocycles. The van der Waals surface area contributed by atoms with E-state index in [2.05, 4.69) is 76.3 Å². The predicted octanol–water partition coefficient (Wildman–Crippen LogP) is 3.06. The van der Waals surface area contributed by atoms with Gasteiger partial charge in [0.25, 0.3) is 0 Å². The summed E-state index contributed by atoms with van der Waals surface area (Å²) in [6.45, 7) is 11.3. The lowest BCUT2D eigenvalue weighted by Gasteiger charge is -2.36. The summed E-state index contributed by atoms with van der Waals surface area (Å²) in [5, 5.41) is 3.04. The molecule has 31 heavy (non-hydrogen) atoms. The molecule has 2 fully saturated rings. The van der Waals surface area contributed by atoms with Gasteiger partial charge in [0, 0.05) is 57.2 Å². The van der Waals surface area contributed by atoms with E-state index in [0.717, 1.165) is 51.5 Å². The first-order chi connectivity index (χ1) is 15.0. The van der Waals surface area contributed by atoms with Gasteiger partial charge in [0.05, 0.1) is 18.8 Å². The van der Waals surface area contributed by atoms with Crippen molar-refractivity contribution in [3.8, 4) is 0 Å². The maximum Gasteiger partial charge on any atom is 0.238 e. The van der Waals surface area contributed by atoms with Crippen LogP contribution in [-0.2, 0) is 16.1 Å². The summed E-state index contributed by atoms with van der Waals surface area (Å²) in [4.78, 5) is 19.5. The number of benzene rings is 2. The first kappa shape index (κ1) is 21.8. The first-order valence-electron chi connectivity index (χ1n) is 11.3. The van der Waals surface area contributed by atoms with Crippen LogP contribution in [0.5, 0.6) is 0 Å². The average Bonchev–Trinajstić information content (AvgIpc) is 2.75. The summed E-state index contributed by atoms with van der Waals surface area (Å²) >= 11 is 0. The van der Waals surface area contributed by atoms with E-state index in [4.69, 9.17) is 4.74 Å². The lowest BCUT2D eigenvalue weighted by atomic mass is 10.2. The number of carbonyl (C=O) groups excluding carboxylic acids is 1. The molecule has 0 spiro atoms. The minimum Gasteiger partial charge on any atom is -0.373 e. The fraction of sp³-hybridized carbons (Fsp3) is 0.480. The van der Waals surface area contributed by atoms with Crippen molar-refractivity contribution < 1.29 is 9.53 Å². The van der Waals surface area contributed by atoms with E-state index in [1.165, 1.54) is 11.3 Å². The van der Waals surface area contributed by atoms with Crippen molar-refractivity contribution in [1.29, 1.82) is 0 Å².